The Labute approximate surface area is 130 Å². The van der Waals surface area contributed by atoms with Crippen LogP contribution < -0.4 is 11.1 Å². The van der Waals surface area contributed by atoms with Crippen LogP contribution in [0.2, 0.25) is 0 Å². The molecule has 3 heteroatoms. The lowest BCUT2D eigenvalue weighted by atomic mass is 10.2. The normalized spacial score (nSPS) is 9.23. The first-order valence-electron chi connectivity index (χ1n) is 6.88. The summed E-state index contributed by atoms with van der Waals surface area (Å²) in [5.74, 6) is 8.44. The summed E-state index contributed by atoms with van der Waals surface area (Å²) in [6.07, 6.45) is 6.12. The monoisotopic (exact) mass is 288 g/mol. The van der Waals surface area contributed by atoms with Crippen LogP contribution in [-0.2, 0) is 4.79 Å². The summed E-state index contributed by atoms with van der Waals surface area (Å²) >= 11 is 0. The van der Waals surface area contributed by atoms with Gasteiger partial charge in [-0.1, -0.05) is 17.8 Å². The first kappa shape index (κ1) is 15.2. The number of carbonyl (C=O) groups excluding carboxylic acids is 1. The average molecular weight is 288 g/mol. The van der Waals surface area contributed by atoms with Gasteiger partial charge in [0.05, 0.1) is 0 Å². The highest BCUT2D eigenvalue weighted by Crippen LogP contribution is 2.09. The Balaban J connectivity index is 1.80. The molecule has 0 unspecified atom stereocenters. The number of nitrogen functional groups attached to an aromatic ring is 1. The van der Waals surface area contributed by atoms with E-state index >= 15 is 0 Å². The van der Waals surface area contributed by atoms with Crippen LogP contribution in [0.1, 0.15) is 24.0 Å². The Hall–Kier alpha value is -3.17. The van der Waals surface area contributed by atoms with E-state index in [2.05, 4.69) is 23.1 Å². The molecule has 0 heterocycles. The minimum atomic E-state index is -0.0694. The van der Waals surface area contributed by atoms with Crippen molar-refractivity contribution in [1.29, 1.82) is 0 Å². The summed E-state index contributed by atoms with van der Waals surface area (Å²) in [4.78, 5) is 11.8. The van der Waals surface area contributed by atoms with Gasteiger partial charge in [-0.2, -0.15) is 0 Å². The maximum absolute atomic E-state index is 11.8. The molecule has 3 nitrogen and oxygen atoms in total. The first-order valence-corrected chi connectivity index (χ1v) is 6.88. The maximum Gasteiger partial charge on any atom is 0.225 e. The molecular formula is C19H16N2O. The second-order valence-corrected chi connectivity index (χ2v) is 4.69. The van der Waals surface area contributed by atoms with Gasteiger partial charge in [0.2, 0.25) is 5.91 Å². The minimum absolute atomic E-state index is 0.0694. The van der Waals surface area contributed by atoms with Crippen molar-refractivity contribution >= 4 is 17.3 Å². The molecule has 0 saturated carbocycles. The Morgan fingerprint density at radius 3 is 2.32 bits per heavy atom. The Morgan fingerprint density at radius 2 is 1.68 bits per heavy atom. The smallest absolute Gasteiger partial charge is 0.225 e. The second kappa shape index (κ2) is 7.57. The molecule has 0 fully saturated rings. The quantitative estimate of drug-likeness (QED) is 0.674. The van der Waals surface area contributed by atoms with Gasteiger partial charge in [0.15, 0.2) is 0 Å². The van der Waals surface area contributed by atoms with Crippen molar-refractivity contribution in [2.45, 2.75) is 12.8 Å². The summed E-state index contributed by atoms with van der Waals surface area (Å²) in [7, 11) is 0. The molecule has 0 atom stereocenters. The number of nitrogens with one attached hydrogen (secondary N) is 1. The number of carbonyl (C=O) groups is 1. The number of amides is 1. The van der Waals surface area contributed by atoms with Crippen LogP contribution in [0.5, 0.6) is 0 Å². The van der Waals surface area contributed by atoms with Gasteiger partial charge in [-0.25, -0.2) is 0 Å². The van der Waals surface area contributed by atoms with Crippen molar-refractivity contribution in [2.24, 2.45) is 0 Å². The highest BCUT2D eigenvalue weighted by molar-refractivity contribution is 5.90. The van der Waals surface area contributed by atoms with E-state index in [1.54, 1.807) is 36.4 Å². The van der Waals surface area contributed by atoms with Gasteiger partial charge < -0.3 is 11.1 Å². The molecule has 0 saturated heterocycles. The molecule has 0 aliphatic heterocycles. The highest BCUT2D eigenvalue weighted by Gasteiger charge is 2.00. The zero-order valence-corrected chi connectivity index (χ0v) is 12.1. The molecular weight excluding hydrogens is 272 g/mol. The second-order valence-electron chi connectivity index (χ2n) is 4.69. The topological polar surface area (TPSA) is 55.1 Å². The molecule has 0 bridgehead atoms. The number of hydrogen-bond acceptors (Lipinski definition) is 2. The zero-order valence-electron chi connectivity index (χ0n) is 12.1. The molecule has 0 aromatic heterocycles. The van der Waals surface area contributed by atoms with E-state index < -0.39 is 0 Å². The van der Waals surface area contributed by atoms with Crippen LogP contribution in [0, 0.1) is 24.2 Å². The summed E-state index contributed by atoms with van der Waals surface area (Å²) in [5, 5.41) is 2.81. The van der Waals surface area contributed by atoms with Gasteiger partial charge in [-0.05, 0) is 48.5 Å². The molecule has 0 spiro atoms. The Morgan fingerprint density at radius 1 is 1.05 bits per heavy atom. The average Bonchev–Trinajstić information content (AvgIpc) is 2.54. The predicted molar refractivity (Wildman–Crippen MR) is 90.0 cm³/mol. The van der Waals surface area contributed by atoms with Gasteiger partial charge in [0, 0.05) is 35.3 Å². The molecule has 0 radical (unpaired) electrons. The van der Waals surface area contributed by atoms with Gasteiger partial charge in [0.25, 0.3) is 0 Å². The number of terminal acetylenes is 1. The lowest BCUT2D eigenvalue weighted by molar-refractivity contribution is -0.116. The highest BCUT2D eigenvalue weighted by atomic mass is 16.1. The summed E-state index contributed by atoms with van der Waals surface area (Å²) in [6, 6.07) is 14.5. The lowest BCUT2D eigenvalue weighted by Crippen LogP contribution is -2.10. The molecule has 22 heavy (non-hydrogen) atoms. The molecule has 108 valence electrons. The summed E-state index contributed by atoms with van der Waals surface area (Å²) in [5.41, 5.74) is 8.71. The van der Waals surface area contributed by atoms with Crippen molar-refractivity contribution in [1.82, 2.24) is 0 Å². The van der Waals surface area contributed by atoms with Crippen molar-refractivity contribution in [2.75, 3.05) is 11.1 Å². The molecule has 0 aliphatic carbocycles. The van der Waals surface area contributed by atoms with Gasteiger partial charge in [-0.15, -0.1) is 6.42 Å². The predicted octanol–water partition coefficient (Wildman–Crippen LogP) is 3.02. The fraction of sp³-hybridized carbons (Fsp3) is 0.105. The fourth-order valence-corrected chi connectivity index (χ4v) is 1.78. The number of anilines is 2. The standard InChI is InChI=1S/C19H16N2O/c1-2-15-9-13-18(14-10-15)21-19(22)6-4-3-5-16-7-11-17(20)12-8-16/h1,7-14H,4,6,20H2,(H,21,22). The van der Waals surface area contributed by atoms with E-state index in [-0.39, 0.29) is 5.91 Å². The van der Waals surface area contributed by atoms with E-state index in [0.717, 1.165) is 16.8 Å². The van der Waals surface area contributed by atoms with Crippen LogP contribution >= 0.6 is 0 Å². The molecule has 2 rings (SSSR count). The number of rotatable bonds is 3. The molecule has 2 aromatic rings. The minimum Gasteiger partial charge on any atom is -0.399 e. The van der Waals surface area contributed by atoms with Gasteiger partial charge >= 0.3 is 0 Å². The number of benzene rings is 2. The third kappa shape index (κ3) is 4.74. The molecule has 1 amide bonds. The van der Waals surface area contributed by atoms with Gasteiger partial charge in [-0.3, -0.25) is 4.79 Å². The van der Waals surface area contributed by atoms with Crippen LogP contribution in [0.15, 0.2) is 48.5 Å². The van der Waals surface area contributed by atoms with E-state index in [1.165, 1.54) is 0 Å². The number of nitrogens with two attached hydrogens (primary N) is 1. The van der Waals surface area contributed by atoms with Crippen LogP contribution in [0.4, 0.5) is 11.4 Å². The van der Waals surface area contributed by atoms with Crippen LogP contribution in [-0.4, -0.2) is 5.91 Å². The maximum atomic E-state index is 11.8. The van der Waals surface area contributed by atoms with E-state index in [1.807, 2.05) is 12.1 Å². The van der Waals surface area contributed by atoms with Crippen molar-refractivity contribution in [3.8, 4) is 24.2 Å². The molecule has 3 N–H and O–H groups in total. The fourth-order valence-electron chi connectivity index (χ4n) is 1.78. The summed E-state index contributed by atoms with van der Waals surface area (Å²) < 4.78 is 0. The van der Waals surface area contributed by atoms with Crippen molar-refractivity contribution in [3.05, 3.63) is 59.7 Å². The largest absolute Gasteiger partial charge is 0.399 e. The first-order chi connectivity index (χ1) is 10.7. The molecule has 0 aliphatic rings. The van der Waals surface area contributed by atoms with Crippen molar-refractivity contribution < 1.29 is 4.79 Å². The molecule has 2 aromatic carbocycles. The van der Waals surface area contributed by atoms with E-state index in [0.29, 0.717) is 18.5 Å². The lowest BCUT2D eigenvalue weighted by Gasteiger charge is -2.03. The Kier molecular flexibility index (Phi) is 5.24. The zero-order chi connectivity index (χ0) is 15.8. The van der Waals surface area contributed by atoms with Crippen molar-refractivity contribution in [3.63, 3.8) is 0 Å². The number of hydrogen-bond donors (Lipinski definition) is 2. The van der Waals surface area contributed by atoms with Crippen LogP contribution in [0.3, 0.4) is 0 Å². The SMILES string of the molecule is C#Cc1ccc(NC(=O)CCC#Cc2ccc(N)cc2)cc1. The van der Waals surface area contributed by atoms with Crippen LogP contribution in [0.25, 0.3) is 0 Å². The van der Waals surface area contributed by atoms with E-state index in [4.69, 9.17) is 12.2 Å². The Bertz CT molecular complexity index is 741. The third-order valence-corrected chi connectivity index (χ3v) is 2.96. The van der Waals surface area contributed by atoms with Gasteiger partial charge in [0.1, 0.15) is 0 Å². The van der Waals surface area contributed by atoms with E-state index in [9.17, 15) is 4.79 Å². The third-order valence-electron chi connectivity index (χ3n) is 2.96. The summed E-state index contributed by atoms with van der Waals surface area (Å²) in [6.45, 7) is 0.